The molecule has 0 fully saturated rings. The third-order valence-corrected chi connectivity index (χ3v) is 4.41. The second-order valence-corrected chi connectivity index (χ2v) is 6.08. The Morgan fingerprint density at radius 2 is 2.18 bits per heavy atom. The molecule has 0 bridgehead atoms. The van der Waals surface area contributed by atoms with Crippen molar-refractivity contribution >= 4 is 11.3 Å². The molecule has 1 aromatic rings. The minimum absolute atomic E-state index is 0.394. The third kappa shape index (κ3) is 4.40. The Morgan fingerprint density at radius 1 is 1.41 bits per heavy atom. The predicted octanol–water partition coefficient (Wildman–Crippen LogP) is 3.80. The number of thiazole rings is 1. The van der Waals surface area contributed by atoms with Gasteiger partial charge in [-0.15, -0.1) is 11.3 Å². The Bertz CT molecular complexity index is 322. The predicted molar refractivity (Wildman–Crippen MR) is 76.7 cm³/mol. The Kier molecular flexibility index (Phi) is 6.14. The smallest absolute Gasteiger partial charge is 0.0897 e. The number of nitrogens with one attached hydrogen (secondary N) is 1. The number of rotatable bonds is 8. The van der Waals surface area contributed by atoms with Gasteiger partial charge in [-0.25, -0.2) is 4.98 Å². The van der Waals surface area contributed by atoms with Crippen LogP contribution in [-0.4, -0.2) is 18.6 Å². The molecule has 1 rings (SSSR count). The lowest BCUT2D eigenvalue weighted by Crippen LogP contribution is -2.34. The van der Waals surface area contributed by atoms with Gasteiger partial charge in [-0.1, -0.05) is 26.7 Å². The molecule has 0 spiro atoms. The summed E-state index contributed by atoms with van der Waals surface area (Å²) in [7, 11) is 2.06. The molecule has 0 aromatic carbocycles. The molecule has 1 unspecified atom stereocenters. The second-order valence-electron chi connectivity index (χ2n) is 5.02. The van der Waals surface area contributed by atoms with Crippen LogP contribution in [0.3, 0.4) is 0 Å². The summed E-state index contributed by atoms with van der Waals surface area (Å²) in [4.78, 5) is 4.62. The molecule has 0 radical (unpaired) electrons. The van der Waals surface area contributed by atoms with Crippen molar-refractivity contribution in [1.29, 1.82) is 0 Å². The standard InChI is InChI=1S/C14H26N2S/c1-5-7-8-14(6-2,11-15-4)9-13-10-17-12(3)16-13/h10,15H,5-9,11H2,1-4H3. The van der Waals surface area contributed by atoms with Crippen molar-refractivity contribution in [2.45, 2.75) is 52.9 Å². The fourth-order valence-electron chi connectivity index (χ4n) is 2.47. The molecule has 98 valence electrons. The van der Waals surface area contributed by atoms with Crippen molar-refractivity contribution in [2.75, 3.05) is 13.6 Å². The summed E-state index contributed by atoms with van der Waals surface area (Å²) in [5.41, 5.74) is 1.67. The highest BCUT2D eigenvalue weighted by Gasteiger charge is 2.28. The van der Waals surface area contributed by atoms with E-state index in [9.17, 15) is 0 Å². The first-order valence-corrected chi connectivity index (χ1v) is 7.59. The van der Waals surface area contributed by atoms with Crippen LogP contribution >= 0.6 is 11.3 Å². The zero-order chi connectivity index (χ0) is 12.7. The summed E-state index contributed by atoms with van der Waals surface area (Å²) in [6, 6.07) is 0. The quantitative estimate of drug-likeness (QED) is 0.763. The number of nitrogens with zero attached hydrogens (tertiary/aromatic N) is 1. The van der Waals surface area contributed by atoms with E-state index in [0.717, 1.165) is 13.0 Å². The van der Waals surface area contributed by atoms with Crippen LogP contribution in [0.2, 0.25) is 0 Å². The van der Waals surface area contributed by atoms with Gasteiger partial charge in [-0.3, -0.25) is 0 Å². The average Bonchev–Trinajstić information content (AvgIpc) is 2.72. The zero-order valence-corrected chi connectivity index (χ0v) is 12.5. The van der Waals surface area contributed by atoms with Crippen molar-refractivity contribution in [3.63, 3.8) is 0 Å². The molecular formula is C14H26N2S. The highest BCUT2D eigenvalue weighted by atomic mass is 32.1. The molecule has 3 heteroatoms. The minimum Gasteiger partial charge on any atom is -0.319 e. The number of aromatic nitrogens is 1. The third-order valence-electron chi connectivity index (χ3n) is 3.59. The van der Waals surface area contributed by atoms with Crippen LogP contribution in [0.4, 0.5) is 0 Å². The molecule has 1 N–H and O–H groups in total. The monoisotopic (exact) mass is 254 g/mol. The summed E-state index contributed by atoms with van der Waals surface area (Å²) < 4.78 is 0. The molecule has 0 saturated heterocycles. The van der Waals surface area contributed by atoms with Gasteiger partial charge >= 0.3 is 0 Å². The molecule has 0 saturated carbocycles. The van der Waals surface area contributed by atoms with E-state index in [1.165, 1.54) is 36.4 Å². The fourth-order valence-corrected chi connectivity index (χ4v) is 3.08. The molecule has 0 aliphatic heterocycles. The Labute approximate surface area is 110 Å². The van der Waals surface area contributed by atoms with E-state index in [1.54, 1.807) is 11.3 Å². The van der Waals surface area contributed by atoms with Gasteiger partial charge in [0.25, 0.3) is 0 Å². The van der Waals surface area contributed by atoms with Crippen LogP contribution in [0.15, 0.2) is 5.38 Å². The molecule has 1 atom stereocenters. The maximum atomic E-state index is 4.62. The molecule has 17 heavy (non-hydrogen) atoms. The van der Waals surface area contributed by atoms with Crippen LogP contribution in [-0.2, 0) is 6.42 Å². The van der Waals surface area contributed by atoms with Crippen LogP contribution in [0.1, 0.15) is 50.2 Å². The highest BCUT2D eigenvalue weighted by Crippen LogP contribution is 2.32. The van der Waals surface area contributed by atoms with Gasteiger partial charge in [0.1, 0.15) is 0 Å². The van der Waals surface area contributed by atoms with Crippen molar-refractivity contribution in [3.8, 4) is 0 Å². The van der Waals surface area contributed by atoms with Crippen molar-refractivity contribution in [3.05, 3.63) is 16.1 Å². The lowest BCUT2D eigenvalue weighted by Gasteiger charge is -2.32. The molecule has 2 nitrogen and oxygen atoms in total. The van der Waals surface area contributed by atoms with Gasteiger partial charge in [0.2, 0.25) is 0 Å². The van der Waals surface area contributed by atoms with E-state index in [1.807, 2.05) is 0 Å². The van der Waals surface area contributed by atoms with Gasteiger partial charge in [0.05, 0.1) is 10.7 Å². The first-order chi connectivity index (χ1) is 8.15. The summed E-state index contributed by atoms with van der Waals surface area (Å²) in [6.45, 7) is 7.77. The van der Waals surface area contributed by atoms with Gasteiger partial charge in [0, 0.05) is 11.9 Å². The second kappa shape index (κ2) is 7.12. The molecule has 1 aromatic heterocycles. The van der Waals surface area contributed by atoms with E-state index in [0.29, 0.717) is 5.41 Å². The van der Waals surface area contributed by atoms with Crippen LogP contribution in [0, 0.1) is 12.3 Å². The molecule has 1 heterocycles. The lowest BCUT2D eigenvalue weighted by atomic mass is 9.76. The SMILES string of the molecule is CCCCC(CC)(CNC)Cc1csc(C)n1. The van der Waals surface area contributed by atoms with Gasteiger partial charge in [-0.05, 0) is 38.6 Å². The normalized spacial score (nSPS) is 14.8. The summed E-state index contributed by atoms with van der Waals surface area (Å²) in [6.07, 6.45) is 6.25. The Morgan fingerprint density at radius 3 is 2.65 bits per heavy atom. The summed E-state index contributed by atoms with van der Waals surface area (Å²) in [5, 5.41) is 6.78. The largest absolute Gasteiger partial charge is 0.319 e. The Balaban J connectivity index is 2.73. The Hall–Kier alpha value is -0.410. The van der Waals surface area contributed by atoms with E-state index in [2.05, 4.69) is 43.5 Å². The first kappa shape index (κ1) is 14.7. The topological polar surface area (TPSA) is 24.9 Å². The number of aryl methyl sites for hydroxylation is 1. The van der Waals surface area contributed by atoms with Crippen LogP contribution in [0.5, 0.6) is 0 Å². The van der Waals surface area contributed by atoms with E-state index >= 15 is 0 Å². The fraction of sp³-hybridized carbons (Fsp3) is 0.786. The number of hydrogen-bond acceptors (Lipinski definition) is 3. The van der Waals surface area contributed by atoms with Gasteiger partial charge in [0.15, 0.2) is 0 Å². The van der Waals surface area contributed by atoms with Crippen LogP contribution in [0.25, 0.3) is 0 Å². The number of hydrogen-bond donors (Lipinski definition) is 1. The average molecular weight is 254 g/mol. The maximum absolute atomic E-state index is 4.62. The molecule has 0 aliphatic carbocycles. The van der Waals surface area contributed by atoms with Crippen molar-refractivity contribution < 1.29 is 0 Å². The molecule has 0 aliphatic rings. The summed E-state index contributed by atoms with van der Waals surface area (Å²) >= 11 is 1.77. The number of unbranched alkanes of at least 4 members (excludes halogenated alkanes) is 1. The lowest BCUT2D eigenvalue weighted by molar-refractivity contribution is 0.233. The molecular weight excluding hydrogens is 228 g/mol. The highest BCUT2D eigenvalue weighted by molar-refractivity contribution is 7.09. The zero-order valence-electron chi connectivity index (χ0n) is 11.7. The van der Waals surface area contributed by atoms with Gasteiger partial charge in [-0.2, -0.15) is 0 Å². The van der Waals surface area contributed by atoms with Gasteiger partial charge < -0.3 is 5.32 Å². The van der Waals surface area contributed by atoms with E-state index in [-0.39, 0.29) is 0 Å². The van der Waals surface area contributed by atoms with E-state index in [4.69, 9.17) is 0 Å². The van der Waals surface area contributed by atoms with Crippen molar-refractivity contribution in [2.24, 2.45) is 5.41 Å². The maximum Gasteiger partial charge on any atom is 0.0897 e. The summed E-state index contributed by atoms with van der Waals surface area (Å²) in [5.74, 6) is 0. The minimum atomic E-state index is 0.394. The molecule has 0 amide bonds. The van der Waals surface area contributed by atoms with Crippen LogP contribution < -0.4 is 5.32 Å². The van der Waals surface area contributed by atoms with Crippen molar-refractivity contribution in [1.82, 2.24) is 10.3 Å². The van der Waals surface area contributed by atoms with E-state index < -0.39 is 0 Å². The first-order valence-electron chi connectivity index (χ1n) is 6.71.